The zero-order chi connectivity index (χ0) is 10.8. The van der Waals surface area contributed by atoms with E-state index in [2.05, 4.69) is 11.0 Å². The number of anilines is 1. The van der Waals surface area contributed by atoms with E-state index in [1.165, 1.54) is 0 Å². The molecule has 1 atom stereocenters. The maximum Gasteiger partial charge on any atom is 0.101 e. The van der Waals surface area contributed by atoms with Crippen molar-refractivity contribution in [2.24, 2.45) is 0 Å². The van der Waals surface area contributed by atoms with E-state index in [0.29, 0.717) is 12.1 Å². The maximum atomic E-state index is 9.47. The standard InChI is InChI=1S/C12H14N2O/c1-9-2-3-10(7-13)12(6-9)14-5-4-11(15)8-14/h2-3,6,11,15H,4-5,8H2,1H3/t11-/m0/s1. The normalized spacial score (nSPS) is 20.3. The van der Waals surface area contributed by atoms with Crippen molar-refractivity contribution in [3.63, 3.8) is 0 Å². The molecule has 1 saturated heterocycles. The van der Waals surface area contributed by atoms with Crippen LogP contribution in [0.3, 0.4) is 0 Å². The summed E-state index contributed by atoms with van der Waals surface area (Å²) in [5, 5.41) is 18.5. The number of aryl methyl sites for hydroxylation is 1. The zero-order valence-electron chi connectivity index (χ0n) is 8.77. The summed E-state index contributed by atoms with van der Waals surface area (Å²) in [6, 6.07) is 7.98. The Morgan fingerprint density at radius 1 is 1.53 bits per heavy atom. The van der Waals surface area contributed by atoms with Gasteiger partial charge >= 0.3 is 0 Å². The molecule has 0 aromatic heterocycles. The van der Waals surface area contributed by atoms with E-state index in [0.717, 1.165) is 24.2 Å². The average molecular weight is 202 g/mol. The Balaban J connectivity index is 2.34. The van der Waals surface area contributed by atoms with Crippen molar-refractivity contribution < 1.29 is 5.11 Å². The molecule has 0 aliphatic carbocycles. The third-order valence-corrected chi connectivity index (χ3v) is 2.78. The molecule has 1 aliphatic heterocycles. The Morgan fingerprint density at radius 3 is 2.93 bits per heavy atom. The Morgan fingerprint density at radius 2 is 2.33 bits per heavy atom. The molecule has 0 radical (unpaired) electrons. The van der Waals surface area contributed by atoms with Crippen LogP contribution in [0.1, 0.15) is 17.5 Å². The van der Waals surface area contributed by atoms with E-state index in [4.69, 9.17) is 5.26 Å². The Kier molecular flexibility index (Phi) is 2.61. The summed E-state index contributed by atoms with van der Waals surface area (Å²) < 4.78 is 0. The van der Waals surface area contributed by atoms with Crippen LogP contribution in [0.25, 0.3) is 0 Å². The van der Waals surface area contributed by atoms with Crippen molar-refractivity contribution >= 4 is 5.69 Å². The molecule has 2 rings (SSSR count). The number of hydrogen-bond acceptors (Lipinski definition) is 3. The first-order chi connectivity index (χ1) is 7.20. The summed E-state index contributed by atoms with van der Waals surface area (Å²) in [7, 11) is 0. The quantitative estimate of drug-likeness (QED) is 0.749. The Hall–Kier alpha value is -1.53. The molecule has 78 valence electrons. The maximum absolute atomic E-state index is 9.47. The van der Waals surface area contributed by atoms with Gasteiger partial charge in [-0.05, 0) is 31.0 Å². The number of nitrogens with zero attached hydrogens (tertiary/aromatic N) is 2. The van der Waals surface area contributed by atoms with Crippen molar-refractivity contribution in [1.29, 1.82) is 5.26 Å². The van der Waals surface area contributed by atoms with Crippen LogP contribution in [0.2, 0.25) is 0 Å². The summed E-state index contributed by atoms with van der Waals surface area (Å²) >= 11 is 0. The molecule has 0 saturated carbocycles. The summed E-state index contributed by atoms with van der Waals surface area (Å²) in [5.41, 5.74) is 2.79. The first-order valence-electron chi connectivity index (χ1n) is 5.14. The fourth-order valence-corrected chi connectivity index (χ4v) is 1.96. The van der Waals surface area contributed by atoms with Gasteiger partial charge in [-0.3, -0.25) is 0 Å². The molecule has 1 N–H and O–H groups in total. The highest BCUT2D eigenvalue weighted by Crippen LogP contribution is 2.25. The van der Waals surface area contributed by atoms with E-state index in [9.17, 15) is 5.11 Å². The minimum absolute atomic E-state index is 0.253. The van der Waals surface area contributed by atoms with Crippen LogP contribution in [0, 0.1) is 18.3 Å². The lowest BCUT2D eigenvalue weighted by molar-refractivity contribution is 0.198. The first kappa shape index (κ1) is 10.0. The third kappa shape index (κ3) is 1.95. The fraction of sp³-hybridized carbons (Fsp3) is 0.417. The molecule has 3 nitrogen and oxygen atoms in total. The summed E-state index contributed by atoms with van der Waals surface area (Å²) in [6.07, 6.45) is 0.538. The number of nitriles is 1. The van der Waals surface area contributed by atoms with Crippen molar-refractivity contribution in [1.82, 2.24) is 0 Å². The minimum atomic E-state index is -0.253. The van der Waals surface area contributed by atoms with Crippen LogP contribution in [0.4, 0.5) is 5.69 Å². The number of aliphatic hydroxyl groups is 1. The van der Waals surface area contributed by atoms with Crippen LogP contribution in [-0.2, 0) is 0 Å². The Bertz CT molecular complexity index is 409. The van der Waals surface area contributed by atoms with Gasteiger partial charge in [0.2, 0.25) is 0 Å². The smallest absolute Gasteiger partial charge is 0.101 e. The molecule has 1 aromatic carbocycles. The van der Waals surface area contributed by atoms with Gasteiger partial charge in [-0.15, -0.1) is 0 Å². The molecule has 1 aromatic rings. The largest absolute Gasteiger partial charge is 0.391 e. The molecule has 0 spiro atoms. The van der Waals surface area contributed by atoms with Crippen LogP contribution >= 0.6 is 0 Å². The molecular formula is C12H14N2O. The summed E-state index contributed by atoms with van der Waals surface area (Å²) in [6.45, 7) is 3.48. The van der Waals surface area contributed by atoms with Gasteiger partial charge in [0.15, 0.2) is 0 Å². The van der Waals surface area contributed by atoms with Gasteiger partial charge in [-0.2, -0.15) is 5.26 Å². The van der Waals surface area contributed by atoms with Crippen molar-refractivity contribution in [3.8, 4) is 6.07 Å². The molecule has 0 bridgehead atoms. The molecule has 15 heavy (non-hydrogen) atoms. The first-order valence-corrected chi connectivity index (χ1v) is 5.14. The lowest BCUT2D eigenvalue weighted by atomic mass is 10.1. The number of aliphatic hydroxyl groups excluding tert-OH is 1. The molecule has 3 heteroatoms. The second kappa shape index (κ2) is 3.92. The summed E-state index contributed by atoms with van der Waals surface area (Å²) in [5.74, 6) is 0. The van der Waals surface area contributed by atoms with Gasteiger partial charge in [-0.25, -0.2) is 0 Å². The van der Waals surface area contributed by atoms with Crippen LogP contribution in [0.5, 0.6) is 0 Å². The number of hydrogen-bond donors (Lipinski definition) is 1. The van der Waals surface area contributed by atoms with Crippen molar-refractivity contribution in [2.75, 3.05) is 18.0 Å². The van der Waals surface area contributed by atoms with E-state index in [-0.39, 0.29) is 6.10 Å². The third-order valence-electron chi connectivity index (χ3n) is 2.78. The van der Waals surface area contributed by atoms with Crippen molar-refractivity contribution in [2.45, 2.75) is 19.4 Å². The zero-order valence-corrected chi connectivity index (χ0v) is 8.77. The lowest BCUT2D eigenvalue weighted by Gasteiger charge is -2.19. The van der Waals surface area contributed by atoms with Crippen LogP contribution in [0.15, 0.2) is 18.2 Å². The van der Waals surface area contributed by atoms with E-state index >= 15 is 0 Å². The number of β-amino-alcohol motifs (C(OH)–C–C–N with tert-alkyl or cyclic N) is 1. The Labute approximate surface area is 89.6 Å². The van der Waals surface area contributed by atoms with Crippen LogP contribution in [-0.4, -0.2) is 24.3 Å². The van der Waals surface area contributed by atoms with Gasteiger partial charge < -0.3 is 10.0 Å². The fourth-order valence-electron chi connectivity index (χ4n) is 1.96. The van der Waals surface area contributed by atoms with Gasteiger partial charge in [-0.1, -0.05) is 6.07 Å². The van der Waals surface area contributed by atoms with Crippen LogP contribution < -0.4 is 4.90 Å². The highest BCUT2D eigenvalue weighted by Gasteiger charge is 2.22. The average Bonchev–Trinajstić information content (AvgIpc) is 2.65. The molecular weight excluding hydrogens is 188 g/mol. The second-order valence-corrected chi connectivity index (χ2v) is 4.02. The van der Waals surface area contributed by atoms with Gasteiger partial charge in [0.25, 0.3) is 0 Å². The predicted octanol–water partition coefficient (Wildman–Crippen LogP) is 1.44. The predicted molar refractivity (Wildman–Crippen MR) is 58.7 cm³/mol. The molecule has 1 heterocycles. The molecule has 0 unspecified atom stereocenters. The topological polar surface area (TPSA) is 47.3 Å². The van der Waals surface area contributed by atoms with Gasteiger partial charge in [0.05, 0.1) is 17.4 Å². The van der Waals surface area contributed by atoms with E-state index in [1.54, 1.807) is 0 Å². The van der Waals surface area contributed by atoms with Crippen molar-refractivity contribution in [3.05, 3.63) is 29.3 Å². The number of benzene rings is 1. The van der Waals surface area contributed by atoms with Gasteiger partial charge in [0.1, 0.15) is 6.07 Å². The highest BCUT2D eigenvalue weighted by atomic mass is 16.3. The van der Waals surface area contributed by atoms with E-state index < -0.39 is 0 Å². The minimum Gasteiger partial charge on any atom is -0.391 e. The SMILES string of the molecule is Cc1ccc(C#N)c(N2CC[C@H](O)C2)c1. The lowest BCUT2D eigenvalue weighted by Crippen LogP contribution is -2.22. The summed E-state index contributed by atoms with van der Waals surface area (Å²) in [4.78, 5) is 2.08. The van der Waals surface area contributed by atoms with E-state index in [1.807, 2.05) is 25.1 Å². The molecule has 1 aliphatic rings. The monoisotopic (exact) mass is 202 g/mol. The number of rotatable bonds is 1. The second-order valence-electron chi connectivity index (χ2n) is 4.02. The highest BCUT2D eigenvalue weighted by molar-refractivity contribution is 5.61. The molecule has 0 amide bonds. The van der Waals surface area contributed by atoms with Gasteiger partial charge in [0, 0.05) is 13.1 Å². The molecule has 1 fully saturated rings.